The fourth-order valence-electron chi connectivity index (χ4n) is 2.89. The second-order valence-electron chi connectivity index (χ2n) is 4.53. The Hall–Kier alpha value is -1.58. The van der Waals surface area contributed by atoms with Gasteiger partial charge in [-0.15, -0.1) is 0 Å². The smallest absolute Gasteiger partial charge is 0.311 e. The molecule has 0 N–H and O–H groups in total. The summed E-state index contributed by atoms with van der Waals surface area (Å²) in [5.74, 6) is -0.134. The second kappa shape index (κ2) is 4.35. The van der Waals surface area contributed by atoms with E-state index in [1.165, 1.54) is 7.11 Å². The summed E-state index contributed by atoms with van der Waals surface area (Å²) in [6.07, 6.45) is 7.47. The molecule has 1 saturated carbocycles. The molecule has 1 aliphatic heterocycles. The van der Waals surface area contributed by atoms with Gasteiger partial charge in [0.15, 0.2) is 0 Å². The van der Waals surface area contributed by atoms with E-state index < -0.39 is 0 Å². The summed E-state index contributed by atoms with van der Waals surface area (Å²) >= 11 is 0. The first-order valence-electron chi connectivity index (χ1n) is 5.77. The molecule has 1 fully saturated rings. The number of amides is 1. The number of likely N-dealkylation sites (N-methyl/N-ethyl adjacent to an activating group) is 1. The lowest BCUT2D eigenvalue weighted by Gasteiger charge is -2.53. The van der Waals surface area contributed by atoms with Gasteiger partial charge in [0, 0.05) is 18.9 Å². The van der Waals surface area contributed by atoms with Gasteiger partial charge in [-0.05, 0) is 13.0 Å². The Bertz CT molecular complexity index is 399. The number of rotatable bonds is 2. The highest BCUT2D eigenvalue weighted by atomic mass is 16.5. The van der Waals surface area contributed by atoms with Crippen molar-refractivity contribution < 1.29 is 14.3 Å². The Morgan fingerprint density at radius 2 is 2.24 bits per heavy atom. The largest absolute Gasteiger partial charge is 0.469 e. The van der Waals surface area contributed by atoms with E-state index in [1.807, 2.05) is 25.2 Å². The van der Waals surface area contributed by atoms with E-state index >= 15 is 0 Å². The van der Waals surface area contributed by atoms with Gasteiger partial charge in [-0.3, -0.25) is 9.59 Å². The van der Waals surface area contributed by atoms with E-state index in [9.17, 15) is 9.59 Å². The van der Waals surface area contributed by atoms with E-state index in [2.05, 4.69) is 0 Å². The van der Waals surface area contributed by atoms with Crippen LogP contribution in [0.5, 0.6) is 0 Å². The minimum absolute atomic E-state index is 0.0425. The summed E-state index contributed by atoms with van der Waals surface area (Å²) < 4.78 is 4.83. The number of fused-ring (bicyclic) bond motifs is 1. The molecule has 0 aromatic rings. The molecule has 0 unspecified atom stereocenters. The molecule has 0 spiro atoms. The molecular formula is C13H17NO3. The topological polar surface area (TPSA) is 46.6 Å². The highest BCUT2D eigenvalue weighted by Crippen LogP contribution is 2.47. The van der Waals surface area contributed by atoms with Crippen molar-refractivity contribution in [3.05, 3.63) is 24.3 Å². The molecule has 1 aliphatic carbocycles. The molecule has 2 rings (SSSR count). The molecule has 4 atom stereocenters. The summed E-state index contributed by atoms with van der Waals surface area (Å²) in [6, 6.07) is -0.0545. The first kappa shape index (κ1) is 11.9. The van der Waals surface area contributed by atoms with Crippen molar-refractivity contribution >= 4 is 11.9 Å². The number of esters is 1. The van der Waals surface area contributed by atoms with Gasteiger partial charge in [0.2, 0.25) is 5.91 Å². The standard InChI is InChI=1S/C13H17NO3/c1-4-5-8-9-6-7-10(15)14(2)12(9)11(8)13(16)17-3/h4-9,11-12H,1-3H3/b5-4+/t8-,9-,11+,12-/m0/s1. The Kier molecular flexibility index (Phi) is 3.05. The molecule has 4 heteroatoms. The second-order valence-corrected chi connectivity index (χ2v) is 4.53. The Balaban J connectivity index is 2.28. The van der Waals surface area contributed by atoms with E-state index in [0.717, 1.165) is 0 Å². The number of hydrogen-bond donors (Lipinski definition) is 0. The van der Waals surface area contributed by atoms with Crippen LogP contribution in [-0.2, 0) is 14.3 Å². The van der Waals surface area contributed by atoms with Crippen molar-refractivity contribution in [3.63, 3.8) is 0 Å². The maximum Gasteiger partial charge on any atom is 0.311 e. The lowest BCUT2D eigenvalue weighted by atomic mass is 9.58. The number of allylic oxidation sites excluding steroid dienone is 2. The Morgan fingerprint density at radius 3 is 2.82 bits per heavy atom. The zero-order valence-corrected chi connectivity index (χ0v) is 10.3. The average molecular weight is 235 g/mol. The van der Waals surface area contributed by atoms with Gasteiger partial charge in [-0.1, -0.05) is 18.2 Å². The molecule has 0 aromatic carbocycles. The average Bonchev–Trinajstić information content (AvgIpc) is 2.31. The minimum Gasteiger partial charge on any atom is -0.469 e. The molecule has 0 aromatic heterocycles. The zero-order valence-electron chi connectivity index (χ0n) is 10.3. The van der Waals surface area contributed by atoms with Crippen LogP contribution in [0.3, 0.4) is 0 Å². The molecule has 1 heterocycles. The van der Waals surface area contributed by atoms with Gasteiger partial charge >= 0.3 is 5.97 Å². The van der Waals surface area contributed by atoms with Gasteiger partial charge < -0.3 is 9.64 Å². The molecule has 92 valence electrons. The van der Waals surface area contributed by atoms with E-state index in [-0.39, 0.29) is 35.7 Å². The fourth-order valence-corrected chi connectivity index (χ4v) is 2.89. The van der Waals surface area contributed by atoms with Crippen LogP contribution in [0.4, 0.5) is 0 Å². The number of carbonyl (C=O) groups excluding carboxylic acids is 2. The molecule has 0 bridgehead atoms. The lowest BCUT2D eigenvalue weighted by molar-refractivity contribution is -0.162. The molecule has 17 heavy (non-hydrogen) atoms. The van der Waals surface area contributed by atoms with Crippen molar-refractivity contribution in [2.45, 2.75) is 13.0 Å². The summed E-state index contributed by atoms with van der Waals surface area (Å²) in [5, 5.41) is 0. The van der Waals surface area contributed by atoms with Gasteiger partial charge in [0.25, 0.3) is 0 Å². The first-order valence-corrected chi connectivity index (χ1v) is 5.77. The normalized spacial score (nSPS) is 35.7. The monoisotopic (exact) mass is 235 g/mol. The molecule has 1 amide bonds. The third-order valence-corrected chi connectivity index (χ3v) is 3.77. The first-order chi connectivity index (χ1) is 8.11. The van der Waals surface area contributed by atoms with Crippen molar-refractivity contribution in [1.82, 2.24) is 4.90 Å². The van der Waals surface area contributed by atoms with Gasteiger partial charge in [0.1, 0.15) is 0 Å². The Morgan fingerprint density at radius 1 is 1.53 bits per heavy atom. The lowest BCUT2D eigenvalue weighted by Crippen LogP contribution is -2.63. The van der Waals surface area contributed by atoms with Crippen LogP contribution < -0.4 is 0 Å². The zero-order chi connectivity index (χ0) is 12.6. The van der Waals surface area contributed by atoms with E-state index in [0.29, 0.717) is 0 Å². The highest BCUT2D eigenvalue weighted by Gasteiger charge is 2.56. The predicted molar refractivity (Wildman–Crippen MR) is 63.0 cm³/mol. The quantitative estimate of drug-likeness (QED) is 0.530. The fraction of sp³-hybridized carbons (Fsp3) is 0.538. The molecular weight excluding hydrogens is 218 g/mol. The molecule has 0 saturated heterocycles. The van der Waals surface area contributed by atoms with Crippen LogP contribution in [0.15, 0.2) is 24.3 Å². The summed E-state index contributed by atoms with van der Waals surface area (Å²) in [5.41, 5.74) is 0. The summed E-state index contributed by atoms with van der Waals surface area (Å²) in [7, 11) is 3.13. The molecule has 2 aliphatic rings. The maximum atomic E-state index is 11.8. The third kappa shape index (κ3) is 1.68. The van der Waals surface area contributed by atoms with Crippen molar-refractivity contribution in [2.24, 2.45) is 17.8 Å². The van der Waals surface area contributed by atoms with Gasteiger partial charge in [-0.2, -0.15) is 0 Å². The SMILES string of the molecule is C/C=C/[C@H]1[C@@H]2C=CC(=O)N(C)[C@@H]2[C@@H]1C(=O)OC. The van der Waals surface area contributed by atoms with Crippen molar-refractivity contribution in [3.8, 4) is 0 Å². The summed E-state index contributed by atoms with van der Waals surface area (Å²) in [4.78, 5) is 25.0. The Labute approximate surface area is 101 Å². The van der Waals surface area contributed by atoms with Crippen LogP contribution >= 0.6 is 0 Å². The minimum atomic E-state index is -0.236. The van der Waals surface area contributed by atoms with Crippen LogP contribution in [0.1, 0.15) is 6.92 Å². The van der Waals surface area contributed by atoms with Crippen LogP contribution in [-0.4, -0.2) is 37.0 Å². The number of carbonyl (C=O) groups is 2. The maximum absolute atomic E-state index is 11.8. The predicted octanol–water partition coefficient (Wildman–Crippen LogP) is 0.994. The third-order valence-electron chi connectivity index (χ3n) is 3.77. The number of hydrogen-bond acceptors (Lipinski definition) is 3. The van der Waals surface area contributed by atoms with E-state index in [4.69, 9.17) is 4.74 Å². The van der Waals surface area contributed by atoms with Crippen LogP contribution in [0.25, 0.3) is 0 Å². The van der Waals surface area contributed by atoms with Crippen LogP contribution in [0.2, 0.25) is 0 Å². The van der Waals surface area contributed by atoms with Crippen molar-refractivity contribution in [2.75, 3.05) is 14.2 Å². The van der Waals surface area contributed by atoms with Gasteiger partial charge in [-0.25, -0.2) is 0 Å². The number of nitrogens with zero attached hydrogens (tertiary/aromatic N) is 1. The highest BCUT2D eigenvalue weighted by molar-refractivity contribution is 5.90. The number of ether oxygens (including phenoxy) is 1. The van der Waals surface area contributed by atoms with Crippen LogP contribution in [0, 0.1) is 17.8 Å². The molecule has 0 radical (unpaired) electrons. The number of methoxy groups -OCH3 is 1. The molecule has 4 nitrogen and oxygen atoms in total. The van der Waals surface area contributed by atoms with E-state index in [1.54, 1.807) is 18.0 Å². The summed E-state index contributed by atoms with van der Waals surface area (Å²) in [6.45, 7) is 1.93. The van der Waals surface area contributed by atoms with Gasteiger partial charge in [0.05, 0.1) is 19.1 Å². The van der Waals surface area contributed by atoms with Crippen molar-refractivity contribution in [1.29, 1.82) is 0 Å².